The summed E-state index contributed by atoms with van der Waals surface area (Å²) in [6.45, 7) is 3.81. The molecule has 1 aromatic rings. The molecule has 0 saturated heterocycles. The molecule has 0 bridgehead atoms. The summed E-state index contributed by atoms with van der Waals surface area (Å²) < 4.78 is 0. The van der Waals surface area contributed by atoms with Crippen LogP contribution in [0.15, 0.2) is 60.2 Å². The van der Waals surface area contributed by atoms with Crippen molar-refractivity contribution in [1.82, 2.24) is 0 Å². The van der Waals surface area contributed by atoms with Gasteiger partial charge in [0.05, 0.1) is 0 Å². The third-order valence-corrected chi connectivity index (χ3v) is 2.47. The van der Waals surface area contributed by atoms with Gasteiger partial charge in [0.15, 0.2) is 5.78 Å². The maximum Gasteiger partial charge on any atom is 0.189 e. The van der Waals surface area contributed by atoms with Crippen molar-refractivity contribution in [3.05, 3.63) is 65.8 Å². The molecule has 0 fully saturated rings. The lowest BCUT2D eigenvalue weighted by Crippen LogP contribution is -1.97. The monoisotopic (exact) mass is 242 g/mol. The fourth-order valence-electron chi connectivity index (χ4n) is 1.47. The first-order valence-corrected chi connectivity index (χ1v) is 6.02. The summed E-state index contributed by atoms with van der Waals surface area (Å²) >= 11 is 0. The van der Waals surface area contributed by atoms with E-state index < -0.39 is 0 Å². The van der Waals surface area contributed by atoms with Crippen LogP contribution in [0, 0.1) is 0 Å². The normalized spacial score (nSPS) is 13.0. The summed E-state index contributed by atoms with van der Waals surface area (Å²) in [5.74, 6) is -0.201. The van der Waals surface area contributed by atoms with Crippen LogP contribution in [0.1, 0.15) is 25.8 Å². The zero-order valence-electron chi connectivity index (χ0n) is 10.8. The second-order valence-electron chi connectivity index (χ2n) is 3.81. The molecule has 1 rings (SSSR count). The third kappa shape index (κ3) is 4.06. The Morgan fingerprint density at radius 2 is 1.94 bits per heavy atom. The van der Waals surface area contributed by atoms with Gasteiger partial charge in [-0.2, -0.15) is 0 Å². The molecular weight excluding hydrogens is 224 g/mol. The van der Waals surface area contributed by atoms with Crippen molar-refractivity contribution in [1.29, 1.82) is 0 Å². The van der Waals surface area contributed by atoms with Gasteiger partial charge in [0, 0.05) is 17.2 Å². The van der Waals surface area contributed by atoms with Crippen molar-refractivity contribution in [3.63, 3.8) is 0 Å². The van der Waals surface area contributed by atoms with Crippen LogP contribution in [-0.2, 0) is 4.79 Å². The second-order valence-corrected chi connectivity index (χ2v) is 3.81. The fourth-order valence-corrected chi connectivity index (χ4v) is 1.47. The molecule has 0 aliphatic carbocycles. The first-order chi connectivity index (χ1) is 8.69. The van der Waals surface area contributed by atoms with Gasteiger partial charge in [-0.25, -0.2) is 0 Å². The SMILES string of the molecule is C/C=C(\C=C/CC)C(=O)/C=C(\O)c1ccccc1. The van der Waals surface area contributed by atoms with Gasteiger partial charge < -0.3 is 5.11 Å². The van der Waals surface area contributed by atoms with E-state index in [-0.39, 0.29) is 11.5 Å². The number of aliphatic hydroxyl groups excluding tert-OH is 1. The molecule has 0 aromatic heterocycles. The largest absolute Gasteiger partial charge is 0.507 e. The maximum atomic E-state index is 11.9. The minimum atomic E-state index is -0.191. The number of hydrogen-bond donors (Lipinski definition) is 1. The Hall–Kier alpha value is -2.09. The standard InChI is InChI=1S/C16H18O2/c1-3-5-9-13(4-2)15(17)12-16(18)14-10-7-6-8-11-14/h4-12,18H,3H2,1-2H3/b9-5-,13-4+,16-12-. The van der Waals surface area contributed by atoms with Gasteiger partial charge >= 0.3 is 0 Å². The van der Waals surface area contributed by atoms with Gasteiger partial charge in [0.2, 0.25) is 0 Å². The Bertz CT molecular complexity index is 479. The van der Waals surface area contributed by atoms with Crippen molar-refractivity contribution in [2.24, 2.45) is 0 Å². The molecular formula is C16H18O2. The molecule has 2 heteroatoms. The van der Waals surface area contributed by atoms with Gasteiger partial charge in [-0.3, -0.25) is 4.79 Å². The van der Waals surface area contributed by atoms with Crippen LogP contribution in [0.3, 0.4) is 0 Å². The van der Waals surface area contributed by atoms with Crippen molar-refractivity contribution in [2.45, 2.75) is 20.3 Å². The minimum Gasteiger partial charge on any atom is -0.507 e. The smallest absolute Gasteiger partial charge is 0.189 e. The highest BCUT2D eigenvalue weighted by Crippen LogP contribution is 2.12. The number of hydrogen-bond acceptors (Lipinski definition) is 2. The Balaban J connectivity index is 2.89. The zero-order chi connectivity index (χ0) is 13.4. The topological polar surface area (TPSA) is 37.3 Å². The van der Waals surface area contributed by atoms with Crippen LogP contribution in [0.2, 0.25) is 0 Å². The highest BCUT2D eigenvalue weighted by Gasteiger charge is 2.05. The minimum absolute atomic E-state index is 0.00940. The number of aliphatic hydroxyl groups is 1. The molecule has 0 aliphatic rings. The van der Waals surface area contributed by atoms with Gasteiger partial charge in [-0.05, 0) is 13.3 Å². The van der Waals surface area contributed by atoms with Crippen LogP contribution in [-0.4, -0.2) is 10.9 Å². The van der Waals surface area contributed by atoms with Crippen LogP contribution in [0.25, 0.3) is 5.76 Å². The summed E-state index contributed by atoms with van der Waals surface area (Å²) in [5.41, 5.74) is 1.22. The predicted octanol–water partition coefficient (Wildman–Crippen LogP) is 4.07. The quantitative estimate of drug-likeness (QED) is 0.480. The number of benzene rings is 1. The summed E-state index contributed by atoms with van der Waals surface area (Å²) in [6.07, 6.45) is 7.56. The van der Waals surface area contributed by atoms with Gasteiger partial charge in [0.25, 0.3) is 0 Å². The molecule has 0 aliphatic heterocycles. The highest BCUT2D eigenvalue weighted by molar-refractivity contribution is 6.09. The first kappa shape index (κ1) is 14.0. The summed E-state index contributed by atoms with van der Waals surface area (Å²) in [5, 5.41) is 9.85. The molecule has 0 saturated carbocycles. The van der Waals surface area contributed by atoms with Crippen molar-refractivity contribution in [3.8, 4) is 0 Å². The van der Waals surface area contributed by atoms with E-state index >= 15 is 0 Å². The highest BCUT2D eigenvalue weighted by atomic mass is 16.3. The first-order valence-electron chi connectivity index (χ1n) is 6.02. The van der Waals surface area contributed by atoms with Crippen LogP contribution >= 0.6 is 0 Å². The van der Waals surface area contributed by atoms with E-state index in [9.17, 15) is 9.90 Å². The van der Waals surface area contributed by atoms with E-state index in [1.807, 2.05) is 31.2 Å². The number of carbonyl (C=O) groups excluding carboxylic acids is 1. The summed E-state index contributed by atoms with van der Waals surface area (Å²) in [4.78, 5) is 11.9. The van der Waals surface area contributed by atoms with Crippen LogP contribution in [0.5, 0.6) is 0 Å². The Morgan fingerprint density at radius 3 is 2.50 bits per heavy atom. The van der Waals surface area contributed by atoms with E-state index in [1.165, 1.54) is 6.08 Å². The molecule has 0 heterocycles. The molecule has 2 nitrogen and oxygen atoms in total. The lowest BCUT2D eigenvalue weighted by atomic mass is 10.1. The van der Waals surface area contributed by atoms with E-state index in [1.54, 1.807) is 31.2 Å². The van der Waals surface area contributed by atoms with E-state index in [4.69, 9.17) is 0 Å². The molecule has 18 heavy (non-hydrogen) atoms. The number of allylic oxidation sites excluding steroid dienone is 5. The average molecular weight is 242 g/mol. The zero-order valence-corrected chi connectivity index (χ0v) is 10.8. The molecule has 0 radical (unpaired) electrons. The lowest BCUT2D eigenvalue weighted by Gasteiger charge is -2.00. The second kappa shape index (κ2) is 7.28. The molecule has 0 unspecified atom stereocenters. The van der Waals surface area contributed by atoms with E-state index in [0.29, 0.717) is 11.1 Å². The van der Waals surface area contributed by atoms with Crippen molar-refractivity contribution in [2.75, 3.05) is 0 Å². The fraction of sp³-hybridized carbons (Fsp3) is 0.188. The van der Waals surface area contributed by atoms with Crippen LogP contribution < -0.4 is 0 Å². The summed E-state index contributed by atoms with van der Waals surface area (Å²) in [7, 11) is 0. The Labute approximate surface area is 108 Å². The van der Waals surface area contributed by atoms with Gasteiger partial charge in [-0.1, -0.05) is 55.5 Å². The van der Waals surface area contributed by atoms with Gasteiger partial charge in [-0.15, -0.1) is 0 Å². The third-order valence-electron chi connectivity index (χ3n) is 2.47. The predicted molar refractivity (Wildman–Crippen MR) is 75.2 cm³/mol. The van der Waals surface area contributed by atoms with Crippen molar-refractivity contribution >= 4 is 11.5 Å². The maximum absolute atomic E-state index is 11.9. The molecule has 0 amide bonds. The van der Waals surface area contributed by atoms with Crippen LogP contribution in [0.4, 0.5) is 0 Å². The average Bonchev–Trinajstić information content (AvgIpc) is 2.40. The van der Waals surface area contributed by atoms with E-state index in [2.05, 4.69) is 0 Å². The van der Waals surface area contributed by atoms with E-state index in [0.717, 1.165) is 6.42 Å². The molecule has 1 aromatic carbocycles. The van der Waals surface area contributed by atoms with Gasteiger partial charge in [0.1, 0.15) is 5.76 Å². The Morgan fingerprint density at radius 1 is 1.28 bits per heavy atom. The number of carbonyl (C=O) groups is 1. The van der Waals surface area contributed by atoms with Crippen molar-refractivity contribution < 1.29 is 9.90 Å². The molecule has 94 valence electrons. The Kier molecular flexibility index (Phi) is 5.65. The molecule has 0 spiro atoms. The molecule has 0 atom stereocenters. The number of ketones is 1. The lowest BCUT2D eigenvalue weighted by molar-refractivity contribution is -0.111. The number of rotatable bonds is 5. The summed E-state index contributed by atoms with van der Waals surface area (Å²) in [6, 6.07) is 9.02. The molecule has 1 N–H and O–H groups in total.